The highest BCUT2D eigenvalue weighted by molar-refractivity contribution is 7.14. The number of benzene rings is 2. The molecule has 146 valence electrons. The third-order valence-corrected chi connectivity index (χ3v) is 5.97. The largest absolute Gasteiger partial charge is 0.346 e. The second-order valence-electron chi connectivity index (χ2n) is 6.58. The molecule has 0 aliphatic heterocycles. The number of halogens is 1. The number of nitrogens with zero attached hydrogens (tertiary/aromatic N) is 2. The lowest BCUT2D eigenvalue weighted by molar-refractivity contribution is 0.102. The molecule has 2 heterocycles. The summed E-state index contributed by atoms with van der Waals surface area (Å²) in [4.78, 5) is 30.3. The first-order valence-electron chi connectivity index (χ1n) is 9.14. The summed E-state index contributed by atoms with van der Waals surface area (Å²) >= 11 is 7.55. The van der Waals surface area contributed by atoms with Crippen LogP contribution in [0.2, 0.25) is 5.02 Å². The monoisotopic (exact) mass is 423 g/mol. The maximum atomic E-state index is 13.0. The predicted octanol–water partition coefficient (Wildman–Crippen LogP) is 5.36. The summed E-state index contributed by atoms with van der Waals surface area (Å²) in [6, 6.07) is 13.1. The summed E-state index contributed by atoms with van der Waals surface area (Å²) in [5, 5.41) is 6.15. The van der Waals surface area contributed by atoms with Gasteiger partial charge in [-0.15, -0.1) is 11.3 Å². The van der Waals surface area contributed by atoms with Crippen molar-refractivity contribution in [2.24, 2.45) is 0 Å². The van der Waals surface area contributed by atoms with Gasteiger partial charge in [-0.05, 0) is 31.5 Å². The molecule has 0 unspecified atom stereocenters. The van der Waals surface area contributed by atoms with Crippen LogP contribution in [0.5, 0.6) is 0 Å². The number of pyridine rings is 1. The number of nitrogens with one attached hydrogen (secondary N) is 1. The fraction of sp³-hybridized carbons (Fsp3) is 0.136. The van der Waals surface area contributed by atoms with Gasteiger partial charge in [0.25, 0.3) is 5.91 Å². The highest BCUT2D eigenvalue weighted by Gasteiger charge is 2.18. The SMILES string of the molecule is CCn1cc(C(=O)Nc2nc(-c3ccccc3)cs2)c(=O)c2ccc(Cl)c(C)c21. The van der Waals surface area contributed by atoms with E-state index in [0.29, 0.717) is 22.1 Å². The van der Waals surface area contributed by atoms with Crippen molar-refractivity contribution in [3.8, 4) is 11.3 Å². The van der Waals surface area contributed by atoms with E-state index < -0.39 is 5.91 Å². The normalized spacial score (nSPS) is 11.0. The zero-order valence-corrected chi connectivity index (χ0v) is 17.5. The molecule has 1 N–H and O–H groups in total. The van der Waals surface area contributed by atoms with Gasteiger partial charge in [0, 0.05) is 34.1 Å². The van der Waals surface area contributed by atoms with Gasteiger partial charge in [0.15, 0.2) is 5.13 Å². The van der Waals surface area contributed by atoms with Gasteiger partial charge in [0.05, 0.1) is 11.2 Å². The predicted molar refractivity (Wildman–Crippen MR) is 119 cm³/mol. The van der Waals surface area contributed by atoms with Gasteiger partial charge in [0.2, 0.25) is 5.43 Å². The maximum absolute atomic E-state index is 13.0. The number of aromatic nitrogens is 2. The molecule has 0 spiro atoms. The van der Waals surface area contributed by atoms with Crippen molar-refractivity contribution in [3.05, 3.63) is 80.4 Å². The van der Waals surface area contributed by atoms with Crippen LogP contribution in [0.25, 0.3) is 22.2 Å². The molecule has 4 aromatic rings. The first-order chi connectivity index (χ1) is 14.0. The van der Waals surface area contributed by atoms with Crippen LogP contribution in [-0.4, -0.2) is 15.5 Å². The number of aryl methyl sites for hydroxylation is 2. The summed E-state index contributed by atoms with van der Waals surface area (Å²) in [5.41, 5.74) is 3.08. The van der Waals surface area contributed by atoms with E-state index in [1.165, 1.54) is 11.3 Å². The number of carbonyl (C=O) groups excluding carboxylic acids is 1. The Morgan fingerprint density at radius 1 is 1.21 bits per heavy atom. The third-order valence-electron chi connectivity index (χ3n) is 4.81. The van der Waals surface area contributed by atoms with Gasteiger partial charge in [-0.2, -0.15) is 0 Å². The number of hydrogen-bond donors (Lipinski definition) is 1. The molecule has 1 amide bonds. The molecule has 5 nitrogen and oxygen atoms in total. The Bertz CT molecular complexity index is 1280. The minimum absolute atomic E-state index is 0.0810. The molecule has 29 heavy (non-hydrogen) atoms. The van der Waals surface area contributed by atoms with Crippen LogP contribution < -0.4 is 10.7 Å². The zero-order valence-electron chi connectivity index (χ0n) is 15.9. The van der Waals surface area contributed by atoms with E-state index in [0.717, 1.165) is 22.3 Å². The molecule has 0 saturated carbocycles. The summed E-state index contributed by atoms with van der Waals surface area (Å²) in [7, 11) is 0. The van der Waals surface area contributed by atoms with Crippen molar-refractivity contribution in [2.75, 3.05) is 5.32 Å². The highest BCUT2D eigenvalue weighted by Crippen LogP contribution is 2.26. The van der Waals surface area contributed by atoms with Gasteiger partial charge in [-0.25, -0.2) is 4.98 Å². The van der Waals surface area contributed by atoms with Gasteiger partial charge < -0.3 is 4.57 Å². The average molecular weight is 424 g/mol. The highest BCUT2D eigenvalue weighted by atomic mass is 35.5. The Morgan fingerprint density at radius 2 is 1.97 bits per heavy atom. The van der Waals surface area contributed by atoms with Crippen molar-refractivity contribution >= 4 is 44.9 Å². The number of fused-ring (bicyclic) bond motifs is 1. The van der Waals surface area contributed by atoms with E-state index in [-0.39, 0.29) is 11.0 Å². The summed E-state index contributed by atoms with van der Waals surface area (Å²) in [6.45, 7) is 4.43. The molecule has 0 aliphatic rings. The van der Waals surface area contributed by atoms with Crippen LogP contribution in [0.15, 0.2) is 58.8 Å². The molecule has 7 heteroatoms. The van der Waals surface area contributed by atoms with Crippen molar-refractivity contribution in [1.29, 1.82) is 0 Å². The number of hydrogen-bond acceptors (Lipinski definition) is 4. The fourth-order valence-corrected chi connectivity index (χ4v) is 4.17. The molecule has 0 atom stereocenters. The van der Waals surface area contributed by atoms with Gasteiger partial charge in [-0.3, -0.25) is 14.9 Å². The van der Waals surface area contributed by atoms with Crippen LogP contribution in [0.3, 0.4) is 0 Å². The molecular formula is C22H18ClN3O2S. The van der Waals surface area contributed by atoms with Crippen molar-refractivity contribution in [3.63, 3.8) is 0 Å². The maximum Gasteiger partial charge on any atom is 0.262 e. The summed E-state index contributed by atoms with van der Waals surface area (Å²) in [6.07, 6.45) is 1.59. The Labute approximate surface area is 176 Å². The lowest BCUT2D eigenvalue weighted by Crippen LogP contribution is -2.24. The van der Waals surface area contributed by atoms with Crippen LogP contribution in [0, 0.1) is 6.92 Å². The van der Waals surface area contributed by atoms with E-state index in [1.807, 2.05) is 54.1 Å². The molecule has 2 aromatic carbocycles. The smallest absolute Gasteiger partial charge is 0.262 e. The minimum Gasteiger partial charge on any atom is -0.346 e. The van der Waals surface area contributed by atoms with E-state index in [1.54, 1.807) is 18.3 Å². The van der Waals surface area contributed by atoms with Gasteiger partial charge in [-0.1, -0.05) is 41.9 Å². The molecule has 2 aromatic heterocycles. The molecule has 0 aliphatic carbocycles. The van der Waals surface area contributed by atoms with Crippen molar-refractivity contribution in [1.82, 2.24) is 9.55 Å². The number of carbonyl (C=O) groups is 1. The Hall–Kier alpha value is -2.96. The Balaban J connectivity index is 1.71. The van der Waals surface area contributed by atoms with Crippen molar-refractivity contribution in [2.45, 2.75) is 20.4 Å². The Kier molecular flexibility index (Phi) is 5.22. The average Bonchev–Trinajstić information content (AvgIpc) is 3.20. The zero-order chi connectivity index (χ0) is 20.5. The first-order valence-corrected chi connectivity index (χ1v) is 10.4. The van der Waals surface area contributed by atoms with Crippen LogP contribution >= 0.6 is 22.9 Å². The molecular weight excluding hydrogens is 406 g/mol. The first kappa shape index (κ1) is 19.4. The van der Waals surface area contributed by atoms with E-state index >= 15 is 0 Å². The number of amides is 1. The van der Waals surface area contributed by atoms with Crippen molar-refractivity contribution < 1.29 is 4.79 Å². The second kappa shape index (κ2) is 7.81. The van der Waals surface area contributed by atoms with Gasteiger partial charge in [0.1, 0.15) is 5.56 Å². The van der Waals surface area contributed by atoms with E-state index in [2.05, 4.69) is 10.3 Å². The van der Waals surface area contributed by atoms with Crippen LogP contribution in [0.4, 0.5) is 5.13 Å². The topological polar surface area (TPSA) is 64.0 Å². The Morgan fingerprint density at radius 3 is 2.69 bits per heavy atom. The van der Waals surface area contributed by atoms with Crippen LogP contribution in [0.1, 0.15) is 22.8 Å². The third kappa shape index (κ3) is 3.57. The number of anilines is 1. The summed E-state index contributed by atoms with van der Waals surface area (Å²) < 4.78 is 1.88. The molecule has 0 bridgehead atoms. The van der Waals surface area contributed by atoms with E-state index in [9.17, 15) is 9.59 Å². The molecule has 0 radical (unpaired) electrons. The lowest BCUT2D eigenvalue weighted by Gasteiger charge is -2.14. The quantitative estimate of drug-likeness (QED) is 0.480. The summed E-state index contributed by atoms with van der Waals surface area (Å²) in [5.74, 6) is -0.472. The standard InChI is InChI=1S/C22H18ClN3O2S/c1-3-26-11-16(20(27)15-9-10-17(23)13(2)19(15)26)21(28)25-22-24-18(12-29-22)14-7-5-4-6-8-14/h4-12H,3H2,1-2H3,(H,24,25,28). The van der Waals surface area contributed by atoms with Gasteiger partial charge >= 0.3 is 0 Å². The molecule has 4 rings (SSSR count). The number of rotatable bonds is 4. The lowest BCUT2D eigenvalue weighted by atomic mass is 10.1. The molecule has 0 saturated heterocycles. The fourth-order valence-electron chi connectivity index (χ4n) is 3.30. The van der Waals surface area contributed by atoms with Crippen LogP contribution in [-0.2, 0) is 6.54 Å². The van der Waals surface area contributed by atoms with E-state index in [4.69, 9.17) is 11.6 Å². The second-order valence-corrected chi connectivity index (χ2v) is 7.85. The number of thiazole rings is 1. The minimum atomic E-state index is -0.472. The molecule has 0 fully saturated rings.